The second-order valence-electron chi connectivity index (χ2n) is 8.44. The normalized spacial score (nSPS) is 15.2. The number of methoxy groups -OCH3 is 2. The number of hydrogen-bond acceptors (Lipinski definition) is 7. The van der Waals surface area contributed by atoms with E-state index in [-0.39, 0.29) is 11.9 Å². The fraction of sp³-hybridized carbons (Fsp3) is 0.320. The van der Waals surface area contributed by atoms with Crippen LogP contribution < -0.4 is 19.3 Å². The predicted molar refractivity (Wildman–Crippen MR) is 132 cm³/mol. The number of nitrogens with zero attached hydrogens (tertiary/aromatic N) is 5. The van der Waals surface area contributed by atoms with Crippen molar-refractivity contribution in [1.29, 1.82) is 0 Å². The number of piperazine rings is 1. The standard InChI is InChI=1S/C25H27FN6O2S/c1-33-22-10-5-18(16-23(22)34-2)24(25-27-28-29-32(25)17-21-4-3-15-35-21)31-13-11-30(12-14-31)20-8-6-19(26)7-9-20/h3-10,15-16,24H,11-14,17H2,1-2H3/p+1/t24-/m1/s1. The van der Waals surface area contributed by atoms with Gasteiger partial charge >= 0.3 is 0 Å². The average Bonchev–Trinajstić information content (AvgIpc) is 3.58. The number of benzene rings is 2. The van der Waals surface area contributed by atoms with E-state index in [0.29, 0.717) is 18.0 Å². The van der Waals surface area contributed by atoms with Gasteiger partial charge in [-0.05, 0) is 64.3 Å². The summed E-state index contributed by atoms with van der Waals surface area (Å²) in [6.45, 7) is 4.07. The van der Waals surface area contributed by atoms with Gasteiger partial charge in [0.25, 0.3) is 0 Å². The van der Waals surface area contributed by atoms with Crippen molar-refractivity contribution in [2.24, 2.45) is 0 Å². The van der Waals surface area contributed by atoms with E-state index >= 15 is 0 Å². The second-order valence-corrected chi connectivity index (χ2v) is 9.48. The van der Waals surface area contributed by atoms with Crippen molar-refractivity contribution in [2.45, 2.75) is 12.6 Å². The number of thiophene rings is 1. The molecule has 2 aromatic carbocycles. The molecule has 10 heteroatoms. The second kappa shape index (κ2) is 10.4. The number of rotatable bonds is 8. The first kappa shape index (κ1) is 23.3. The summed E-state index contributed by atoms with van der Waals surface area (Å²) in [5.41, 5.74) is 2.10. The molecule has 1 N–H and O–H groups in total. The first-order chi connectivity index (χ1) is 17.2. The number of halogens is 1. The Labute approximate surface area is 207 Å². The molecule has 0 bridgehead atoms. The molecule has 0 aliphatic carbocycles. The lowest BCUT2D eigenvalue weighted by molar-refractivity contribution is -0.927. The van der Waals surface area contributed by atoms with Gasteiger partial charge in [0.15, 0.2) is 17.5 Å². The van der Waals surface area contributed by atoms with Gasteiger partial charge in [0.05, 0.1) is 46.9 Å². The fourth-order valence-electron chi connectivity index (χ4n) is 4.67. The number of anilines is 1. The van der Waals surface area contributed by atoms with E-state index in [9.17, 15) is 4.39 Å². The van der Waals surface area contributed by atoms with Gasteiger partial charge < -0.3 is 19.3 Å². The molecule has 1 fully saturated rings. The quantitative estimate of drug-likeness (QED) is 0.405. The largest absolute Gasteiger partial charge is 0.493 e. The van der Waals surface area contributed by atoms with E-state index in [1.165, 1.54) is 21.9 Å². The maximum Gasteiger partial charge on any atom is 0.214 e. The molecule has 1 aliphatic heterocycles. The number of aromatic nitrogens is 4. The molecule has 1 aliphatic rings. The molecule has 182 valence electrons. The van der Waals surface area contributed by atoms with Gasteiger partial charge in [0.1, 0.15) is 5.82 Å². The molecule has 2 aromatic heterocycles. The zero-order chi connectivity index (χ0) is 24.2. The van der Waals surface area contributed by atoms with Crippen LogP contribution in [0.2, 0.25) is 0 Å². The summed E-state index contributed by atoms with van der Waals surface area (Å²) < 4.78 is 26.4. The summed E-state index contributed by atoms with van der Waals surface area (Å²) in [6, 6.07) is 16.8. The van der Waals surface area contributed by atoms with Crippen molar-refractivity contribution < 1.29 is 18.8 Å². The summed E-state index contributed by atoms with van der Waals surface area (Å²) >= 11 is 1.69. The topological polar surface area (TPSA) is 69.7 Å². The first-order valence-electron chi connectivity index (χ1n) is 11.5. The van der Waals surface area contributed by atoms with Crippen LogP contribution in [0.3, 0.4) is 0 Å². The molecule has 4 aromatic rings. The molecule has 0 unspecified atom stereocenters. The lowest BCUT2D eigenvalue weighted by Gasteiger charge is -2.37. The van der Waals surface area contributed by atoms with Crippen LogP contribution in [0.15, 0.2) is 60.0 Å². The van der Waals surface area contributed by atoms with Crippen molar-refractivity contribution >= 4 is 17.0 Å². The molecule has 0 saturated carbocycles. The highest BCUT2D eigenvalue weighted by Gasteiger charge is 2.35. The third-order valence-corrected chi connectivity index (χ3v) is 7.31. The Morgan fingerprint density at radius 2 is 1.80 bits per heavy atom. The lowest BCUT2D eigenvalue weighted by atomic mass is 10.0. The maximum atomic E-state index is 13.4. The summed E-state index contributed by atoms with van der Waals surface area (Å²) in [6.07, 6.45) is 0. The smallest absolute Gasteiger partial charge is 0.214 e. The molecule has 0 radical (unpaired) electrons. The van der Waals surface area contributed by atoms with E-state index in [1.54, 1.807) is 25.6 Å². The minimum atomic E-state index is -0.218. The van der Waals surface area contributed by atoms with Gasteiger partial charge in [-0.2, -0.15) is 0 Å². The van der Waals surface area contributed by atoms with Crippen LogP contribution in [0.1, 0.15) is 22.3 Å². The highest BCUT2D eigenvalue weighted by molar-refractivity contribution is 7.09. The highest BCUT2D eigenvalue weighted by Crippen LogP contribution is 2.31. The molecule has 0 amide bonds. The number of ether oxygens (including phenoxy) is 2. The van der Waals surface area contributed by atoms with Crippen LogP contribution in [0.4, 0.5) is 10.1 Å². The third-order valence-electron chi connectivity index (χ3n) is 6.45. The number of nitrogens with one attached hydrogen (secondary N) is 1. The van der Waals surface area contributed by atoms with Crippen molar-refractivity contribution in [3.05, 3.63) is 82.1 Å². The molecule has 1 atom stereocenters. The monoisotopic (exact) mass is 495 g/mol. The van der Waals surface area contributed by atoms with Crippen LogP contribution in [0.25, 0.3) is 0 Å². The van der Waals surface area contributed by atoms with E-state index in [4.69, 9.17) is 9.47 Å². The van der Waals surface area contributed by atoms with Gasteiger partial charge in [0.2, 0.25) is 5.82 Å². The Hall–Kier alpha value is -3.50. The zero-order valence-electron chi connectivity index (χ0n) is 19.7. The average molecular weight is 496 g/mol. The number of tetrazole rings is 1. The molecule has 35 heavy (non-hydrogen) atoms. The predicted octanol–water partition coefficient (Wildman–Crippen LogP) is 2.43. The van der Waals surface area contributed by atoms with Crippen molar-refractivity contribution in [3.63, 3.8) is 0 Å². The van der Waals surface area contributed by atoms with Crippen LogP contribution in [-0.4, -0.2) is 60.6 Å². The van der Waals surface area contributed by atoms with Gasteiger partial charge in [-0.25, -0.2) is 9.07 Å². The first-order valence-corrected chi connectivity index (χ1v) is 12.4. The molecule has 5 rings (SSSR count). The molecular weight excluding hydrogens is 467 g/mol. The molecule has 0 spiro atoms. The number of hydrogen-bond donors (Lipinski definition) is 1. The molecular formula is C25H28FN6O2S+. The molecule has 1 saturated heterocycles. The van der Waals surface area contributed by atoms with Crippen molar-refractivity contribution in [2.75, 3.05) is 45.3 Å². The van der Waals surface area contributed by atoms with Gasteiger partial charge in [0, 0.05) is 16.1 Å². The Morgan fingerprint density at radius 1 is 1.03 bits per heavy atom. The van der Waals surface area contributed by atoms with Gasteiger partial charge in [-0.1, -0.05) is 6.07 Å². The lowest BCUT2D eigenvalue weighted by Crippen LogP contribution is -3.15. The summed E-state index contributed by atoms with van der Waals surface area (Å²) in [7, 11) is 3.28. The Balaban J connectivity index is 1.46. The van der Waals surface area contributed by atoms with E-state index in [1.807, 2.05) is 35.0 Å². The minimum Gasteiger partial charge on any atom is -0.493 e. The van der Waals surface area contributed by atoms with Crippen molar-refractivity contribution in [1.82, 2.24) is 20.2 Å². The van der Waals surface area contributed by atoms with E-state index in [0.717, 1.165) is 43.3 Å². The maximum absolute atomic E-state index is 13.4. The van der Waals surface area contributed by atoms with Crippen LogP contribution in [0.5, 0.6) is 11.5 Å². The summed E-state index contributed by atoms with van der Waals surface area (Å²) in [5.74, 6) is 1.96. The van der Waals surface area contributed by atoms with Crippen LogP contribution in [0, 0.1) is 5.82 Å². The van der Waals surface area contributed by atoms with Gasteiger partial charge in [-0.3, -0.25) is 0 Å². The Kier molecular flexibility index (Phi) is 6.91. The van der Waals surface area contributed by atoms with Crippen molar-refractivity contribution in [3.8, 4) is 11.5 Å². The summed E-state index contributed by atoms with van der Waals surface area (Å²) in [5, 5.41) is 14.9. The minimum absolute atomic E-state index is 0.0832. The third kappa shape index (κ3) is 4.98. The van der Waals surface area contributed by atoms with E-state index < -0.39 is 0 Å². The van der Waals surface area contributed by atoms with Crippen LogP contribution >= 0.6 is 11.3 Å². The van der Waals surface area contributed by atoms with E-state index in [2.05, 4.69) is 37.9 Å². The SMILES string of the molecule is COc1ccc([C@H](c2nnnn2Cc2cccs2)[NH+]2CCN(c3ccc(F)cc3)CC2)cc1OC. The molecule has 3 heterocycles. The molecule has 8 nitrogen and oxygen atoms in total. The van der Waals surface area contributed by atoms with Crippen LogP contribution in [-0.2, 0) is 6.54 Å². The Bertz CT molecular complexity index is 1240. The Morgan fingerprint density at radius 3 is 2.49 bits per heavy atom. The zero-order valence-corrected chi connectivity index (χ0v) is 20.5. The summed E-state index contributed by atoms with van der Waals surface area (Å²) in [4.78, 5) is 4.85. The van der Waals surface area contributed by atoms with Gasteiger partial charge in [-0.15, -0.1) is 16.4 Å². The number of quaternary nitrogens is 1. The highest BCUT2D eigenvalue weighted by atomic mass is 32.1. The fourth-order valence-corrected chi connectivity index (χ4v) is 5.36.